The van der Waals surface area contributed by atoms with Gasteiger partial charge in [-0.25, -0.2) is 4.79 Å². The summed E-state index contributed by atoms with van der Waals surface area (Å²) < 4.78 is 17.5. The van der Waals surface area contributed by atoms with Crippen molar-refractivity contribution in [2.75, 3.05) is 0 Å². The smallest absolute Gasteiger partial charge is 0.394 e. The number of fused-ring (bicyclic) bond motifs is 1. The molecule has 1 saturated heterocycles. The molecule has 1 aliphatic heterocycles. The topological polar surface area (TPSA) is 123 Å². The lowest BCUT2D eigenvalue weighted by molar-refractivity contribution is -0.0326. The van der Waals surface area contributed by atoms with Crippen LogP contribution in [0.1, 0.15) is 13.2 Å². The Morgan fingerprint density at radius 1 is 1.30 bits per heavy atom. The van der Waals surface area contributed by atoms with Gasteiger partial charge in [-0.15, -0.1) is 11.6 Å². The van der Waals surface area contributed by atoms with Gasteiger partial charge in [0.1, 0.15) is 28.4 Å². The monoisotopic (exact) mass is 414 g/mol. The Labute approximate surface area is 159 Å². The van der Waals surface area contributed by atoms with E-state index in [2.05, 4.69) is 4.98 Å². The highest BCUT2D eigenvalue weighted by molar-refractivity contribution is 7.41. The first-order valence-electron chi connectivity index (χ1n) is 8.02. The maximum absolute atomic E-state index is 12.0. The molecule has 9 nitrogen and oxygen atoms in total. The molecular weight excluding hydrogens is 399 g/mol. The molecule has 2 aromatic rings. The van der Waals surface area contributed by atoms with Crippen molar-refractivity contribution in [2.24, 2.45) is 0 Å². The summed E-state index contributed by atoms with van der Waals surface area (Å²) in [5.41, 5.74) is -2.91. The van der Waals surface area contributed by atoms with Crippen LogP contribution in [0.2, 0.25) is 0 Å². The van der Waals surface area contributed by atoms with Crippen LogP contribution >= 0.6 is 20.2 Å². The number of hydrogen-bond acceptors (Lipinski definition) is 7. The van der Waals surface area contributed by atoms with E-state index in [1.54, 1.807) is 30.3 Å². The largest absolute Gasteiger partial charge is 0.427 e. The maximum atomic E-state index is 12.0. The summed E-state index contributed by atoms with van der Waals surface area (Å²) in [6.45, 7) is 1.50. The maximum Gasteiger partial charge on any atom is 0.394 e. The minimum atomic E-state index is -2.33. The lowest BCUT2D eigenvalue weighted by Gasteiger charge is -2.32. The number of nitrogens with one attached hydrogen (secondary N) is 1. The zero-order valence-electron chi connectivity index (χ0n) is 14.0. The average Bonchev–Trinajstić information content (AvgIpc) is 3.10. The summed E-state index contributed by atoms with van der Waals surface area (Å²) in [5.74, 6) is 0.413. The molecule has 3 N–H and O–H groups in total. The second kappa shape index (κ2) is 6.41. The van der Waals surface area contributed by atoms with E-state index in [1.807, 2.05) is 0 Å². The molecule has 144 valence electrons. The third kappa shape index (κ3) is 2.91. The predicted molar refractivity (Wildman–Crippen MR) is 95.5 cm³/mol. The number of alkyl halides is 1. The summed E-state index contributed by atoms with van der Waals surface area (Å²) in [5, 5.41) is 10.9. The molecule has 2 heterocycles. The average molecular weight is 415 g/mol. The molecular formula is C16H16ClN2O7P. The highest BCUT2D eigenvalue weighted by Gasteiger charge is 2.83. The minimum Gasteiger partial charge on any atom is -0.427 e. The molecule has 1 aromatic heterocycles. The molecule has 1 saturated carbocycles. The summed E-state index contributed by atoms with van der Waals surface area (Å²) in [6.07, 6.45) is -1.57. The SMILES string of the molecule is CC1(Cl)C(n2ccc(=O)[nH]c2=O)OC2C(OP(O)Oc3ccccc3)C21O. The highest BCUT2D eigenvalue weighted by atomic mass is 35.5. The quantitative estimate of drug-likeness (QED) is 0.490. The number of benzene rings is 1. The normalized spacial score (nSPS) is 35.5. The van der Waals surface area contributed by atoms with E-state index in [0.29, 0.717) is 5.75 Å². The molecule has 2 aliphatic rings. The highest BCUT2D eigenvalue weighted by Crippen LogP contribution is 2.65. The molecule has 4 rings (SSSR count). The number of rotatable bonds is 5. The zero-order valence-corrected chi connectivity index (χ0v) is 15.6. The van der Waals surface area contributed by atoms with E-state index >= 15 is 0 Å². The van der Waals surface area contributed by atoms with Gasteiger partial charge >= 0.3 is 14.3 Å². The molecule has 6 atom stereocenters. The van der Waals surface area contributed by atoms with Crippen molar-refractivity contribution in [3.05, 3.63) is 63.4 Å². The number of para-hydroxylation sites is 1. The number of ether oxygens (including phenoxy) is 1. The summed E-state index contributed by atoms with van der Waals surface area (Å²) in [6, 6.07) is 9.73. The number of aromatic amines is 1. The lowest BCUT2D eigenvalue weighted by atomic mass is 10.0. The molecule has 1 aliphatic carbocycles. The first-order valence-corrected chi connectivity index (χ1v) is 9.53. The van der Waals surface area contributed by atoms with Gasteiger partial charge < -0.3 is 19.3 Å². The molecule has 2 fully saturated rings. The fourth-order valence-corrected chi connectivity index (χ4v) is 4.46. The van der Waals surface area contributed by atoms with Crippen LogP contribution in [0.4, 0.5) is 0 Å². The molecule has 0 bridgehead atoms. The van der Waals surface area contributed by atoms with Gasteiger partial charge in [0.25, 0.3) is 5.56 Å². The number of aliphatic hydroxyl groups is 1. The van der Waals surface area contributed by atoms with Gasteiger partial charge in [0.05, 0.1) is 0 Å². The van der Waals surface area contributed by atoms with Crippen molar-refractivity contribution in [3.8, 4) is 5.75 Å². The standard InChI is InChI=1S/C16H16ClN2O7P/c1-15(17)13(19-8-7-10(20)18-14(19)21)24-11-12(16(11,15)22)26-27(23)25-9-5-3-2-4-6-9/h2-8,11-13,22-23H,1H3,(H,18,20,21). The van der Waals surface area contributed by atoms with E-state index in [9.17, 15) is 19.6 Å². The summed E-state index contributed by atoms with van der Waals surface area (Å²) in [4.78, 5) is 33.9. The van der Waals surface area contributed by atoms with Gasteiger partial charge in [-0.05, 0) is 19.1 Å². The Kier molecular flexibility index (Phi) is 4.42. The first kappa shape index (κ1) is 18.6. The molecule has 0 radical (unpaired) electrons. The Morgan fingerprint density at radius 3 is 2.59 bits per heavy atom. The number of hydrogen-bond donors (Lipinski definition) is 3. The molecule has 11 heteroatoms. The molecule has 0 amide bonds. The van der Waals surface area contributed by atoms with Gasteiger partial charge in [-0.1, -0.05) is 18.2 Å². The van der Waals surface area contributed by atoms with E-state index in [4.69, 9.17) is 25.4 Å². The van der Waals surface area contributed by atoms with Crippen molar-refractivity contribution < 1.29 is 23.8 Å². The van der Waals surface area contributed by atoms with Crippen molar-refractivity contribution in [1.82, 2.24) is 9.55 Å². The fourth-order valence-electron chi connectivity index (χ4n) is 3.27. The van der Waals surface area contributed by atoms with Crippen LogP contribution in [0.15, 0.2) is 52.2 Å². The molecule has 6 unspecified atom stereocenters. The summed E-state index contributed by atoms with van der Waals surface area (Å²) >= 11 is 6.53. The second-order valence-electron chi connectivity index (χ2n) is 6.50. The van der Waals surface area contributed by atoms with Crippen molar-refractivity contribution in [3.63, 3.8) is 0 Å². The van der Waals surface area contributed by atoms with E-state index in [0.717, 1.165) is 10.6 Å². The second-order valence-corrected chi connectivity index (χ2v) is 8.15. The van der Waals surface area contributed by atoms with Gasteiger partial charge in [0.15, 0.2) is 6.23 Å². The third-order valence-corrected chi connectivity index (χ3v) is 6.05. The zero-order chi connectivity index (χ0) is 19.4. The third-order valence-electron chi connectivity index (χ3n) is 4.79. The number of H-pyrrole nitrogens is 1. The first-order chi connectivity index (χ1) is 12.7. The van der Waals surface area contributed by atoms with E-state index in [1.165, 1.54) is 13.1 Å². The Hall–Kier alpha value is -1.74. The van der Waals surface area contributed by atoms with Crippen LogP contribution in [0, 0.1) is 0 Å². The van der Waals surface area contributed by atoms with Crippen LogP contribution in [0.25, 0.3) is 0 Å². The van der Waals surface area contributed by atoms with Gasteiger partial charge in [0, 0.05) is 12.3 Å². The predicted octanol–water partition coefficient (Wildman–Crippen LogP) is 0.860. The molecule has 27 heavy (non-hydrogen) atoms. The van der Waals surface area contributed by atoms with E-state index < -0.39 is 48.8 Å². The minimum absolute atomic E-state index is 0.413. The number of halogens is 1. The van der Waals surface area contributed by atoms with Crippen LogP contribution in [0.3, 0.4) is 0 Å². The summed E-state index contributed by atoms with van der Waals surface area (Å²) in [7, 11) is -2.33. The fraction of sp³-hybridized carbons (Fsp3) is 0.375. The van der Waals surface area contributed by atoms with Crippen molar-refractivity contribution in [2.45, 2.75) is 35.8 Å². The molecule has 1 aromatic carbocycles. The van der Waals surface area contributed by atoms with Crippen molar-refractivity contribution in [1.29, 1.82) is 0 Å². The van der Waals surface area contributed by atoms with E-state index in [-0.39, 0.29) is 0 Å². The Bertz CT molecular complexity index is 965. The number of aromatic nitrogens is 2. The van der Waals surface area contributed by atoms with Gasteiger partial charge in [-0.3, -0.25) is 18.9 Å². The van der Waals surface area contributed by atoms with Crippen LogP contribution in [-0.2, 0) is 9.26 Å². The van der Waals surface area contributed by atoms with Gasteiger partial charge in [-0.2, -0.15) is 0 Å². The van der Waals surface area contributed by atoms with Gasteiger partial charge in [0.2, 0.25) is 0 Å². The Morgan fingerprint density at radius 2 is 2.00 bits per heavy atom. The number of nitrogens with zero attached hydrogens (tertiary/aromatic N) is 1. The molecule has 0 spiro atoms. The Balaban J connectivity index is 1.49. The van der Waals surface area contributed by atoms with Crippen LogP contribution < -0.4 is 15.8 Å². The van der Waals surface area contributed by atoms with Crippen LogP contribution in [0.5, 0.6) is 5.75 Å². The lowest BCUT2D eigenvalue weighted by Crippen LogP contribution is -2.47. The van der Waals surface area contributed by atoms with Crippen molar-refractivity contribution >= 4 is 20.2 Å². The van der Waals surface area contributed by atoms with Crippen LogP contribution in [-0.4, -0.2) is 42.2 Å².